The SMILES string of the molecule is CCCCOC(=O)O[C@@H]1C[C@H](C)CC[C@H]1C(C)C. The van der Waals surface area contributed by atoms with E-state index in [1.165, 1.54) is 6.42 Å². The van der Waals surface area contributed by atoms with Crippen LogP contribution in [-0.2, 0) is 9.47 Å². The Balaban J connectivity index is 2.42. The van der Waals surface area contributed by atoms with Crippen molar-refractivity contribution in [3.63, 3.8) is 0 Å². The van der Waals surface area contributed by atoms with Crippen molar-refractivity contribution < 1.29 is 14.3 Å². The molecule has 0 heterocycles. The maximum atomic E-state index is 11.6. The van der Waals surface area contributed by atoms with Crippen LogP contribution in [0.15, 0.2) is 0 Å². The smallest absolute Gasteiger partial charge is 0.434 e. The molecule has 18 heavy (non-hydrogen) atoms. The van der Waals surface area contributed by atoms with E-state index in [-0.39, 0.29) is 6.10 Å². The molecule has 106 valence electrons. The molecule has 0 bridgehead atoms. The van der Waals surface area contributed by atoms with Gasteiger partial charge in [0.1, 0.15) is 6.10 Å². The van der Waals surface area contributed by atoms with Crippen molar-refractivity contribution in [2.24, 2.45) is 17.8 Å². The topological polar surface area (TPSA) is 35.5 Å². The van der Waals surface area contributed by atoms with Crippen LogP contribution < -0.4 is 0 Å². The summed E-state index contributed by atoms with van der Waals surface area (Å²) in [6.45, 7) is 9.20. The first-order chi connectivity index (χ1) is 8.54. The molecular formula is C15H28O3. The second-order valence-corrected chi connectivity index (χ2v) is 5.93. The number of rotatable bonds is 5. The van der Waals surface area contributed by atoms with E-state index in [0.717, 1.165) is 25.7 Å². The Hall–Kier alpha value is -0.730. The van der Waals surface area contributed by atoms with Gasteiger partial charge >= 0.3 is 6.16 Å². The summed E-state index contributed by atoms with van der Waals surface area (Å²) >= 11 is 0. The van der Waals surface area contributed by atoms with Gasteiger partial charge in [-0.25, -0.2) is 4.79 Å². The van der Waals surface area contributed by atoms with Crippen LogP contribution in [0, 0.1) is 17.8 Å². The summed E-state index contributed by atoms with van der Waals surface area (Å²) < 4.78 is 10.6. The summed E-state index contributed by atoms with van der Waals surface area (Å²) in [5, 5.41) is 0. The van der Waals surface area contributed by atoms with Crippen molar-refractivity contribution >= 4 is 6.16 Å². The quantitative estimate of drug-likeness (QED) is 0.540. The fourth-order valence-corrected chi connectivity index (χ4v) is 2.71. The lowest BCUT2D eigenvalue weighted by atomic mass is 9.75. The van der Waals surface area contributed by atoms with Crippen molar-refractivity contribution in [2.75, 3.05) is 6.61 Å². The predicted octanol–water partition coefficient (Wildman–Crippen LogP) is 4.40. The lowest BCUT2D eigenvalue weighted by molar-refractivity contribution is -0.0320. The molecular weight excluding hydrogens is 228 g/mol. The van der Waals surface area contributed by atoms with Gasteiger partial charge in [-0.15, -0.1) is 0 Å². The van der Waals surface area contributed by atoms with Gasteiger partial charge in [0.25, 0.3) is 0 Å². The minimum absolute atomic E-state index is 0.0443. The first-order valence-electron chi connectivity index (χ1n) is 7.38. The molecule has 3 heteroatoms. The zero-order valence-corrected chi connectivity index (χ0v) is 12.3. The third-order valence-corrected chi connectivity index (χ3v) is 3.93. The number of hydrogen-bond donors (Lipinski definition) is 0. The van der Waals surface area contributed by atoms with Crippen molar-refractivity contribution in [2.45, 2.75) is 65.9 Å². The number of hydrogen-bond acceptors (Lipinski definition) is 3. The highest BCUT2D eigenvalue weighted by Gasteiger charge is 2.33. The average Bonchev–Trinajstić information content (AvgIpc) is 2.29. The summed E-state index contributed by atoms with van der Waals surface area (Å²) in [6, 6.07) is 0. The highest BCUT2D eigenvalue weighted by atomic mass is 16.7. The Morgan fingerprint density at radius 1 is 1.33 bits per heavy atom. The first-order valence-corrected chi connectivity index (χ1v) is 7.38. The van der Waals surface area contributed by atoms with Crippen molar-refractivity contribution in [3.05, 3.63) is 0 Å². The molecule has 0 aromatic rings. The van der Waals surface area contributed by atoms with Crippen LogP contribution in [0.1, 0.15) is 59.8 Å². The molecule has 0 N–H and O–H groups in total. The molecule has 0 unspecified atom stereocenters. The molecule has 1 aliphatic rings. The van der Waals surface area contributed by atoms with Crippen molar-refractivity contribution in [1.82, 2.24) is 0 Å². The molecule has 0 aliphatic heterocycles. The number of carbonyl (C=O) groups is 1. The minimum Gasteiger partial charge on any atom is -0.434 e. The maximum absolute atomic E-state index is 11.6. The van der Waals surface area contributed by atoms with E-state index in [1.54, 1.807) is 0 Å². The van der Waals surface area contributed by atoms with Crippen LogP contribution in [0.4, 0.5) is 4.79 Å². The van der Waals surface area contributed by atoms with Gasteiger partial charge in [-0.3, -0.25) is 0 Å². The summed E-state index contributed by atoms with van der Waals surface area (Å²) in [7, 11) is 0. The molecule has 0 saturated heterocycles. The Morgan fingerprint density at radius 3 is 2.67 bits per heavy atom. The number of unbranched alkanes of at least 4 members (excludes halogenated alkanes) is 1. The maximum Gasteiger partial charge on any atom is 0.508 e. The van der Waals surface area contributed by atoms with E-state index in [2.05, 4.69) is 27.7 Å². The minimum atomic E-state index is -0.479. The lowest BCUT2D eigenvalue weighted by Gasteiger charge is -2.36. The molecule has 0 aromatic heterocycles. The van der Waals surface area contributed by atoms with Gasteiger partial charge in [0.2, 0.25) is 0 Å². The van der Waals surface area contributed by atoms with E-state index < -0.39 is 6.16 Å². The van der Waals surface area contributed by atoms with E-state index in [9.17, 15) is 4.79 Å². The van der Waals surface area contributed by atoms with Gasteiger partial charge in [-0.1, -0.05) is 40.5 Å². The standard InChI is InChI=1S/C15H28O3/c1-5-6-9-17-15(16)18-14-10-12(4)7-8-13(14)11(2)3/h11-14H,5-10H2,1-4H3/t12-,13+,14-/m1/s1. The fraction of sp³-hybridized carbons (Fsp3) is 0.933. The van der Waals surface area contributed by atoms with Crippen LogP contribution in [0.5, 0.6) is 0 Å². The van der Waals surface area contributed by atoms with Crippen LogP contribution in [0.2, 0.25) is 0 Å². The van der Waals surface area contributed by atoms with Gasteiger partial charge in [0.15, 0.2) is 0 Å². The third kappa shape index (κ3) is 4.87. The molecule has 0 aromatic carbocycles. The van der Waals surface area contributed by atoms with Gasteiger partial charge in [0, 0.05) is 0 Å². The van der Waals surface area contributed by atoms with Crippen LogP contribution in [0.25, 0.3) is 0 Å². The van der Waals surface area contributed by atoms with Gasteiger partial charge in [-0.2, -0.15) is 0 Å². The third-order valence-electron chi connectivity index (χ3n) is 3.93. The molecule has 0 spiro atoms. The van der Waals surface area contributed by atoms with Crippen LogP contribution in [-0.4, -0.2) is 18.9 Å². The second kappa shape index (κ2) is 7.65. The largest absolute Gasteiger partial charge is 0.508 e. The molecule has 1 fully saturated rings. The Morgan fingerprint density at radius 2 is 2.06 bits per heavy atom. The van der Waals surface area contributed by atoms with Crippen LogP contribution >= 0.6 is 0 Å². The predicted molar refractivity (Wildman–Crippen MR) is 72.5 cm³/mol. The lowest BCUT2D eigenvalue weighted by Crippen LogP contribution is -2.36. The number of carbonyl (C=O) groups excluding carboxylic acids is 1. The van der Waals surface area contributed by atoms with Crippen LogP contribution in [0.3, 0.4) is 0 Å². The summed E-state index contributed by atoms with van der Waals surface area (Å²) in [5.74, 6) is 1.69. The van der Waals surface area contributed by atoms with Crippen molar-refractivity contribution in [1.29, 1.82) is 0 Å². The second-order valence-electron chi connectivity index (χ2n) is 5.93. The van der Waals surface area contributed by atoms with E-state index in [4.69, 9.17) is 9.47 Å². The normalized spacial score (nSPS) is 28.2. The van der Waals surface area contributed by atoms with E-state index >= 15 is 0 Å². The van der Waals surface area contributed by atoms with Crippen molar-refractivity contribution in [3.8, 4) is 0 Å². The number of ether oxygens (including phenoxy) is 2. The van der Waals surface area contributed by atoms with Gasteiger partial charge < -0.3 is 9.47 Å². The molecule has 1 rings (SSSR count). The first kappa shape index (κ1) is 15.3. The van der Waals surface area contributed by atoms with E-state index in [0.29, 0.717) is 24.4 Å². The highest BCUT2D eigenvalue weighted by molar-refractivity contribution is 5.60. The van der Waals surface area contributed by atoms with Gasteiger partial charge in [0.05, 0.1) is 6.61 Å². The molecule has 1 aliphatic carbocycles. The summed E-state index contributed by atoms with van der Waals surface area (Å²) in [6.07, 6.45) is 4.88. The Bertz CT molecular complexity index is 250. The Labute approximate surface area is 111 Å². The molecule has 0 radical (unpaired) electrons. The molecule has 0 amide bonds. The molecule has 3 nitrogen and oxygen atoms in total. The zero-order valence-electron chi connectivity index (χ0n) is 12.3. The fourth-order valence-electron chi connectivity index (χ4n) is 2.71. The summed E-state index contributed by atoms with van der Waals surface area (Å²) in [4.78, 5) is 11.6. The monoisotopic (exact) mass is 256 g/mol. The Kier molecular flexibility index (Phi) is 6.51. The molecule has 1 saturated carbocycles. The van der Waals surface area contributed by atoms with Gasteiger partial charge in [-0.05, 0) is 37.0 Å². The van der Waals surface area contributed by atoms with E-state index in [1.807, 2.05) is 0 Å². The summed E-state index contributed by atoms with van der Waals surface area (Å²) in [5.41, 5.74) is 0. The zero-order chi connectivity index (χ0) is 13.5. The average molecular weight is 256 g/mol. The molecule has 3 atom stereocenters. The highest BCUT2D eigenvalue weighted by Crippen LogP contribution is 2.35.